The highest BCUT2D eigenvalue weighted by Gasteiger charge is 2.41. The molecule has 3 heterocycles. The zero-order valence-corrected chi connectivity index (χ0v) is 21.6. The average molecular weight is 499 g/mol. The summed E-state index contributed by atoms with van der Waals surface area (Å²) in [6.45, 7) is 4.97. The van der Waals surface area contributed by atoms with Crippen molar-refractivity contribution >= 4 is 34.1 Å². The molecule has 1 aliphatic rings. The van der Waals surface area contributed by atoms with Gasteiger partial charge >= 0.3 is 5.97 Å². The number of esters is 1. The van der Waals surface area contributed by atoms with E-state index in [2.05, 4.69) is 82.1 Å². The Morgan fingerprint density at radius 3 is 2.64 bits per heavy atom. The lowest BCUT2D eigenvalue weighted by atomic mass is 9.96. The van der Waals surface area contributed by atoms with Crippen LogP contribution >= 0.6 is 12.2 Å². The number of thiocarbonyl (C=S) groups is 1. The number of hydrogen-bond donors (Lipinski definition) is 1. The molecule has 0 amide bonds. The second-order valence-corrected chi connectivity index (χ2v) is 9.55. The Kier molecular flexibility index (Phi) is 6.74. The number of ether oxygens (including phenoxy) is 1. The highest BCUT2D eigenvalue weighted by molar-refractivity contribution is 7.80. The van der Waals surface area contributed by atoms with Crippen molar-refractivity contribution in [3.05, 3.63) is 95.6 Å². The van der Waals surface area contributed by atoms with Gasteiger partial charge < -0.3 is 19.5 Å². The fourth-order valence-corrected chi connectivity index (χ4v) is 5.67. The van der Waals surface area contributed by atoms with Crippen LogP contribution in [0.25, 0.3) is 16.5 Å². The Hall–Kier alpha value is -3.71. The van der Waals surface area contributed by atoms with Crippen molar-refractivity contribution in [2.24, 2.45) is 0 Å². The first-order chi connectivity index (χ1) is 17.5. The lowest BCUT2D eigenvalue weighted by Gasteiger charge is -2.28. The molecule has 0 bridgehead atoms. The van der Waals surface area contributed by atoms with Crippen LogP contribution in [0.5, 0.6) is 0 Å². The first-order valence-corrected chi connectivity index (χ1v) is 12.6. The molecule has 36 heavy (non-hydrogen) atoms. The molecule has 2 aromatic heterocycles. The highest BCUT2D eigenvalue weighted by Crippen LogP contribution is 2.42. The van der Waals surface area contributed by atoms with E-state index in [0.29, 0.717) is 24.5 Å². The van der Waals surface area contributed by atoms with Crippen molar-refractivity contribution in [2.45, 2.75) is 38.8 Å². The van der Waals surface area contributed by atoms with E-state index in [4.69, 9.17) is 17.0 Å². The monoisotopic (exact) mass is 498 g/mol. The van der Waals surface area contributed by atoms with Crippen LogP contribution in [-0.4, -0.2) is 39.2 Å². The molecular weight excluding hydrogens is 468 g/mol. The number of carbonyl (C=O) groups is 1. The van der Waals surface area contributed by atoms with E-state index in [-0.39, 0.29) is 18.1 Å². The molecule has 6 nitrogen and oxygen atoms in total. The summed E-state index contributed by atoms with van der Waals surface area (Å²) >= 11 is 5.81. The fourth-order valence-electron chi connectivity index (χ4n) is 5.34. The van der Waals surface area contributed by atoms with Gasteiger partial charge in [-0.05, 0) is 67.7 Å². The standard InChI is InChI=1S/C29H30N4O2S/c1-19-18-23(20(2)33(19)25-14-8-11-21-10-4-5-12-22(21)25)28-27(24-13-6-7-16-30-24)31-29(36)32(28)17-9-15-26(34)35-3/h4-8,10-14,16,18,27-28H,9,15,17H2,1-3H3,(H,31,36)/t27-,28+/m0/s1. The first-order valence-electron chi connectivity index (χ1n) is 12.2. The fraction of sp³-hybridized carbons (Fsp3) is 0.276. The maximum Gasteiger partial charge on any atom is 0.305 e. The zero-order chi connectivity index (χ0) is 25.2. The van der Waals surface area contributed by atoms with Crippen molar-refractivity contribution in [3.8, 4) is 5.69 Å². The van der Waals surface area contributed by atoms with Gasteiger partial charge in [0, 0.05) is 35.9 Å². The van der Waals surface area contributed by atoms with Gasteiger partial charge in [-0.15, -0.1) is 0 Å². The number of benzene rings is 2. The predicted octanol–water partition coefficient (Wildman–Crippen LogP) is 5.57. The van der Waals surface area contributed by atoms with Gasteiger partial charge in [-0.1, -0.05) is 42.5 Å². The van der Waals surface area contributed by atoms with E-state index in [1.807, 2.05) is 24.4 Å². The molecule has 184 valence electrons. The van der Waals surface area contributed by atoms with Gasteiger partial charge in [0.15, 0.2) is 5.11 Å². The van der Waals surface area contributed by atoms with E-state index in [9.17, 15) is 4.79 Å². The average Bonchev–Trinajstić information content (AvgIpc) is 3.38. The molecule has 0 radical (unpaired) electrons. The Morgan fingerprint density at radius 1 is 1.08 bits per heavy atom. The third-order valence-electron chi connectivity index (χ3n) is 7.00. The van der Waals surface area contributed by atoms with E-state index in [0.717, 1.165) is 17.1 Å². The van der Waals surface area contributed by atoms with E-state index < -0.39 is 0 Å². The van der Waals surface area contributed by atoms with E-state index >= 15 is 0 Å². The van der Waals surface area contributed by atoms with Crippen molar-refractivity contribution in [1.29, 1.82) is 0 Å². The molecule has 0 aliphatic carbocycles. The molecule has 1 fully saturated rings. The SMILES string of the molecule is COC(=O)CCCN1C(=S)N[C@@H](c2ccccn2)[C@H]1c1cc(C)n(-c2cccc3ccccc23)c1C. The largest absolute Gasteiger partial charge is 0.469 e. The molecule has 2 aromatic carbocycles. The number of aryl methyl sites for hydroxylation is 1. The molecule has 1 N–H and O–H groups in total. The van der Waals surface area contributed by atoms with Gasteiger partial charge in [0.25, 0.3) is 0 Å². The Bertz CT molecular complexity index is 1410. The van der Waals surface area contributed by atoms with Crippen molar-refractivity contribution in [1.82, 2.24) is 19.8 Å². The van der Waals surface area contributed by atoms with Gasteiger partial charge in [-0.25, -0.2) is 0 Å². The number of carbonyl (C=O) groups excluding carboxylic acids is 1. The molecule has 0 saturated carbocycles. The van der Waals surface area contributed by atoms with Gasteiger partial charge in [-0.2, -0.15) is 0 Å². The summed E-state index contributed by atoms with van der Waals surface area (Å²) < 4.78 is 7.18. The highest BCUT2D eigenvalue weighted by atomic mass is 32.1. The van der Waals surface area contributed by atoms with Gasteiger partial charge in [0.2, 0.25) is 0 Å². The van der Waals surface area contributed by atoms with Crippen LogP contribution in [0.4, 0.5) is 0 Å². The summed E-state index contributed by atoms with van der Waals surface area (Å²) in [7, 11) is 1.42. The molecule has 5 rings (SSSR count). The normalized spacial score (nSPS) is 17.4. The lowest BCUT2D eigenvalue weighted by Crippen LogP contribution is -2.31. The molecule has 4 aromatic rings. The van der Waals surface area contributed by atoms with Crippen molar-refractivity contribution in [3.63, 3.8) is 0 Å². The summed E-state index contributed by atoms with van der Waals surface area (Å²) in [4.78, 5) is 18.6. The molecule has 0 unspecified atom stereocenters. The number of methoxy groups -OCH3 is 1. The minimum Gasteiger partial charge on any atom is -0.469 e. The first kappa shape index (κ1) is 24.0. The minimum absolute atomic E-state index is 0.0556. The molecule has 7 heteroatoms. The zero-order valence-electron chi connectivity index (χ0n) is 20.8. The number of fused-ring (bicyclic) bond motifs is 1. The topological polar surface area (TPSA) is 59.4 Å². The van der Waals surface area contributed by atoms with Crippen LogP contribution in [0.2, 0.25) is 0 Å². The maximum absolute atomic E-state index is 11.8. The summed E-state index contributed by atoms with van der Waals surface area (Å²) in [5.74, 6) is -0.208. The second-order valence-electron chi connectivity index (χ2n) is 9.16. The van der Waals surface area contributed by atoms with Gasteiger partial charge in [0.05, 0.1) is 30.6 Å². The van der Waals surface area contributed by atoms with Crippen molar-refractivity contribution in [2.75, 3.05) is 13.7 Å². The van der Waals surface area contributed by atoms with Crippen LogP contribution in [0.15, 0.2) is 72.9 Å². The van der Waals surface area contributed by atoms with Gasteiger partial charge in [-0.3, -0.25) is 9.78 Å². The van der Waals surface area contributed by atoms with Gasteiger partial charge in [0.1, 0.15) is 0 Å². The summed E-state index contributed by atoms with van der Waals surface area (Å²) in [5, 5.41) is 6.62. The molecule has 2 atom stereocenters. The summed E-state index contributed by atoms with van der Waals surface area (Å²) in [6, 6.07) is 23.0. The Balaban J connectivity index is 1.59. The van der Waals surface area contributed by atoms with Crippen LogP contribution in [0.1, 0.15) is 47.6 Å². The third kappa shape index (κ3) is 4.35. The predicted molar refractivity (Wildman–Crippen MR) is 146 cm³/mol. The summed E-state index contributed by atoms with van der Waals surface area (Å²) in [5.41, 5.74) is 5.62. The Labute approximate surface area is 216 Å². The molecule has 0 spiro atoms. The lowest BCUT2D eigenvalue weighted by molar-refractivity contribution is -0.140. The quantitative estimate of drug-likeness (QED) is 0.266. The minimum atomic E-state index is -0.208. The number of nitrogens with zero attached hydrogens (tertiary/aromatic N) is 3. The van der Waals surface area contributed by atoms with Crippen LogP contribution in [-0.2, 0) is 9.53 Å². The number of pyridine rings is 1. The number of nitrogens with one attached hydrogen (secondary N) is 1. The molecule has 1 aliphatic heterocycles. The van der Waals surface area contributed by atoms with E-state index in [1.54, 1.807) is 0 Å². The maximum atomic E-state index is 11.8. The smallest absolute Gasteiger partial charge is 0.305 e. The molecular formula is C29H30N4O2S. The Morgan fingerprint density at radius 2 is 1.86 bits per heavy atom. The van der Waals surface area contributed by atoms with Crippen LogP contribution in [0, 0.1) is 13.8 Å². The number of rotatable bonds is 7. The van der Waals surface area contributed by atoms with E-state index in [1.165, 1.54) is 29.1 Å². The second kappa shape index (κ2) is 10.1. The number of aromatic nitrogens is 2. The van der Waals surface area contributed by atoms with Crippen LogP contribution in [0.3, 0.4) is 0 Å². The summed E-state index contributed by atoms with van der Waals surface area (Å²) in [6.07, 6.45) is 2.82. The number of hydrogen-bond acceptors (Lipinski definition) is 4. The third-order valence-corrected chi connectivity index (χ3v) is 7.35. The molecule has 1 saturated heterocycles. The van der Waals surface area contributed by atoms with Crippen LogP contribution < -0.4 is 5.32 Å². The van der Waals surface area contributed by atoms with Crippen molar-refractivity contribution < 1.29 is 9.53 Å².